The Morgan fingerprint density at radius 3 is 2.35 bits per heavy atom. The molecule has 1 N–H and O–H groups in total. The summed E-state index contributed by atoms with van der Waals surface area (Å²) >= 11 is 0. The second-order valence-corrected chi connectivity index (χ2v) is 5.04. The fourth-order valence-corrected chi connectivity index (χ4v) is 1.69. The van der Waals surface area contributed by atoms with Crippen LogP contribution in [-0.4, -0.2) is 17.0 Å². The average Bonchev–Trinajstić information content (AvgIpc) is 2.57. The molecule has 0 bridgehead atoms. The Kier molecular flexibility index (Phi) is 2.50. The van der Waals surface area contributed by atoms with E-state index in [1.54, 1.807) is 45.0 Å². The number of azo groups is 1. The van der Waals surface area contributed by atoms with Crippen molar-refractivity contribution in [3.05, 3.63) is 30.3 Å². The van der Waals surface area contributed by atoms with Gasteiger partial charge in [-0.3, -0.25) is 0 Å². The van der Waals surface area contributed by atoms with E-state index in [9.17, 15) is 9.90 Å². The molecule has 1 aromatic rings. The highest BCUT2D eigenvalue weighted by atomic mass is 16.3. The van der Waals surface area contributed by atoms with Crippen molar-refractivity contribution < 1.29 is 9.90 Å². The molecule has 17 heavy (non-hydrogen) atoms. The van der Waals surface area contributed by atoms with Gasteiger partial charge in [0.15, 0.2) is 0 Å². The summed E-state index contributed by atoms with van der Waals surface area (Å²) in [6.07, 6.45) is 0. The summed E-state index contributed by atoms with van der Waals surface area (Å²) in [5.41, 5.74) is -0.0432. The van der Waals surface area contributed by atoms with Crippen LogP contribution in [0, 0.1) is 5.41 Å². The lowest BCUT2D eigenvalue weighted by Crippen LogP contribution is -2.54. The van der Waals surface area contributed by atoms with Gasteiger partial charge in [0.05, 0.1) is 5.69 Å². The highest BCUT2D eigenvalue weighted by molar-refractivity contribution is 5.95. The molecule has 1 aliphatic heterocycles. The Hall–Kier alpha value is -1.75. The van der Waals surface area contributed by atoms with Crippen molar-refractivity contribution in [3.63, 3.8) is 0 Å². The molecule has 0 radical (unpaired) electrons. The van der Waals surface area contributed by atoms with Gasteiger partial charge in [0.1, 0.15) is 0 Å². The zero-order chi connectivity index (χ0) is 12.7. The first-order valence-corrected chi connectivity index (χ1v) is 5.41. The van der Waals surface area contributed by atoms with E-state index in [4.69, 9.17) is 0 Å². The molecule has 1 heterocycles. The first-order valence-electron chi connectivity index (χ1n) is 5.41. The molecule has 2 amide bonds. The quantitative estimate of drug-likeness (QED) is 0.810. The predicted molar refractivity (Wildman–Crippen MR) is 63.6 cm³/mol. The third kappa shape index (κ3) is 1.72. The molecule has 2 rings (SSSR count). The van der Waals surface area contributed by atoms with Crippen LogP contribution < -0.4 is 4.90 Å². The number of anilines is 1. The Morgan fingerprint density at radius 1 is 1.24 bits per heavy atom. The Balaban J connectivity index is 2.49. The average molecular weight is 233 g/mol. The van der Waals surface area contributed by atoms with E-state index in [1.165, 1.54) is 4.90 Å². The minimum Gasteiger partial charge on any atom is -0.351 e. The van der Waals surface area contributed by atoms with Crippen molar-refractivity contribution in [1.82, 2.24) is 0 Å². The first kappa shape index (κ1) is 11.7. The number of para-hydroxylation sites is 1. The van der Waals surface area contributed by atoms with Crippen LogP contribution in [0.2, 0.25) is 0 Å². The third-order valence-corrected chi connectivity index (χ3v) is 2.80. The molecule has 0 saturated heterocycles. The standard InChI is InChI=1S/C12H15N3O2/c1-11(2,3)12(17)14-13-10(16)15(12)9-7-5-4-6-8-9/h4-8,17H,1-3H3. The molecule has 1 unspecified atom stereocenters. The van der Waals surface area contributed by atoms with Gasteiger partial charge in [-0.2, -0.15) is 0 Å². The van der Waals surface area contributed by atoms with Crippen LogP contribution in [-0.2, 0) is 0 Å². The molecule has 0 aliphatic carbocycles. The van der Waals surface area contributed by atoms with Crippen molar-refractivity contribution >= 4 is 11.7 Å². The van der Waals surface area contributed by atoms with Gasteiger partial charge in [-0.1, -0.05) is 44.1 Å². The highest BCUT2D eigenvalue weighted by Crippen LogP contribution is 2.41. The van der Waals surface area contributed by atoms with Gasteiger partial charge in [-0.05, 0) is 12.1 Å². The van der Waals surface area contributed by atoms with Crippen LogP contribution >= 0.6 is 0 Å². The Bertz CT molecular complexity index is 464. The van der Waals surface area contributed by atoms with Gasteiger partial charge >= 0.3 is 6.03 Å². The predicted octanol–water partition coefficient (Wildman–Crippen LogP) is 2.77. The van der Waals surface area contributed by atoms with E-state index in [0.717, 1.165) is 0 Å². The molecular weight excluding hydrogens is 218 g/mol. The van der Waals surface area contributed by atoms with Crippen LogP contribution in [0.5, 0.6) is 0 Å². The minimum atomic E-state index is -1.63. The highest BCUT2D eigenvalue weighted by Gasteiger charge is 2.53. The van der Waals surface area contributed by atoms with Crippen LogP contribution in [0.15, 0.2) is 40.6 Å². The molecule has 90 valence electrons. The first-order chi connectivity index (χ1) is 7.86. The largest absolute Gasteiger partial charge is 0.370 e. The number of nitrogens with zero attached hydrogens (tertiary/aromatic N) is 3. The molecule has 5 heteroatoms. The third-order valence-electron chi connectivity index (χ3n) is 2.80. The van der Waals surface area contributed by atoms with Crippen LogP contribution in [0.1, 0.15) is 20.8 Å². The van der Waals surface area contributed by atoms with Crippen molar-refractivity contribution in [1.29, 1.82) is 0 Å². The summed E-state index contributed by atoms with van der Waals surface area (Å²) in [5, 5.41) is 17.8. The number of hydrogen-bond donors (Lipinski definition) is 1. The van der Waals surface area contributed by atoms with Gasteiger partial charge in [0.25, 0.3) is 5.85 Å². The number of urea groups is 1. The van der Waals surface area contributed by atoms with Gasteiger partial charge in [0, 0.05) is 5.41 Å². The lowest BCUT2D eigenvalue weighted by atomic mass is 9.88. The topological polar surface area (TPSA) is 65.3 Å². The number of rotatable bonds is 1. The van der Waals surface area contributed by atoms with E-state index in [-0.39, 0.29) is 0 Å². The summed E-state index contributed by atoms with van der Waals surface area (Å²) < 4.78 is 0. The van der Waals surface area contributed by atoms with Gasteiger partial charge in [-0.15, -0.1) is 5.11 Å². The molecule has 0 aromatic heterocycles. The maximum absolute atomic E-state index is 11.7. The van der Waals surface area contributed by atoms with Gasteiger partial charge in [-0.25, -0.2) is 9.69 Å². The molecule has 0 fully saturated rings. The second kappa shape index (κ2) is 3.63. The SMILES string of the molecule is CC(C)(C)C1(O)N=NC(=O)N1c1ccccc1. The molecular formula is C12H15N3O2. The fraction of sp³-hybridized carbons (Fsp3) is 0.417. The van der Waals surface area contributed by atoms with Crippen molar-refractivity contribution in [2.75, 3.05) is 4.90 Å². The van der Waals surface area contributed by atoms with E-state index in [0.29, 0.717) is 5.69 Å². The minimum absolute atomic E-state index is 0.548. The molecule has 0 saturated carbocycles. The number of carbonyl (C=O) groups is 1. The van der Waals surface area contributed by atoms with Crippen LogP contribution in [0.25, 0.3) is 0 Å². The van der Waals surface area contributed by atoms with Crippen molar-refractivity contribution in [3.8, 4) is 0 Å². The Morgan fingerprint density at radius 2 is 1.82 bits per heavy atom. The molecule has 1 atom stereocenters. The van der Waals surface area contributed by atoms with Crippen LogP contribution in [0.4, 0.5) is 10.5 Å². The van der Waals surface area contributed by atoms with Crippen LogP contribution in [0.3, 0.4) is 0 Å². The summed E-state index contributed by atoms with van der Waals surface area (Å²) in [5.74, 6) is -1.63. The lowest BCUT2D eigenvalue weighted by molar-refractivity contribution is -0.0416. The fourth-order valence-electron chi connectivity index (χ4n) is 1.69. The van der Waals surface area contributed by atoms with E-state index in [1.807, 2.05) is 6.07 Å². The zero-order valence-electron chi connectivity index (χ0n) is 10.1. The molecule has 1 aliphatic rings. The van der Waals surface area contributed by atoms with Crippen molar-refractivity contribution in [2.24, 2.45) is 15.6 Å². The normalized spacial score (nSPS) is 24.5. The number of amides is 2. The molecule has 5 nitrogen and oxygen atoms in total. The van der Waals surface area contributed by atoms with Gasteiger partial charge < -0.3 is 5.11 Å². The Labute approximate surface area is 99.8 Å². The summed E-state index contributed by atoms with van der Waals surface area (Å²) in [6.45, 7) is 5.42. The number of hydrogen-bond acceptors (Lipinski definition) is 3. The van der Waals surface area contributed by atoms with Gasteiger partial charge in [0.2, 0.25) is 0 Å². The molecule has 0 spiro atoms. The monoisotopic (exact) mass is 233 g/mol. The van der Waals surface area contributed by atoms with E-state index >= 15 is 0 Å². The second-order valence-electron chi connectivity index (χ2n) is 5.04. The smallest absolute Gasteiger partial charge is 0.351 e. The maximum atomic E-state index is 11.7. The number of aliphatic hydroxyl groups is 1. The van der Waals surface area contributed by atoms with Crippen molar-refractivity contribution in [2.45, 2.75) is 26.6 Å². The summed E-state index contributed by atoms with van der Waals surface area (Å²) in [7, 11) is 0. The number of carbonyl (C=O) groups excluding carboxylic acids is 1. The lowest BCUT2D eigenvalue weighted by Gasteiger charge is -2.39. The summed E-state index contributed by atoms with van der Waals surface area (Å²) in [6, 6.07) is 8.37. The molecule has 1 aromatic carbocycles. The summed E-state index contributed by atoms with van der Waals surface area (Å²) in [4.78, 5) is 13.0. The number of benzene rings is 1. The zero-order valence-corrected chi connectivity index (χ0v) is 10.1. The van der Waals surface area contributed by atoms with E-state index in [2.05, 4.69) is 10.2 Å². The maximum Gasteiger partial charge on any atom is 0.370 e. The van der Waals surface area contributed by atoms with E-state index < -0.39 is 17.3 Å².